The number of imidazole rings is 2. The van der Waals surface area contributed by atoms with Gasteiger partial charge in [0.2, 0.25) is 5.78 Å². The van der Waals surface area contributed by atoms with E-state index < -0.39 is 0 Å². The van der Waals surface area contributed by atoms with Gasteiger partial charge in [-0.05, 0) is 101 Å². The van der Waals surface area contributed by atoms with Gasteiger partial charge in [-0.2, -0.15) is 0 Å². The van der Waals surface area contributed by atoms with Crippen molar-refractivity contribution in [3.05, 3.63) is 140 Å². The van der Waals surface area contributed by atoms with Crippen molar-refractivity contribution in [2.75, 3.05) is 0 Å². The van der Waals surface area contributed by atoms with Crippen LogP contribution in [0.3, 0.4) is 0 Å². The minimum Gasteiger partial charge on any atom is -0.278 e. The van der Waals surface area contributed by atoms with E-state index in [9.17, 15) is 0 Å². The molecule has 0 N–H and O–H groups in total. The molecule has 11 aromatic rings. The first-order valence-corrected chi connectivity index (χ1v) is 17.5. The van der Waals surface area contributed by atoms with E-state index in [2.05, 4.69) is 134 Å². The molecule has 48 heavy (non-hydrogen) atoms. The van der Waals surface area contributed by atoms with Crippen LogP contribution in [0.5, 0.6) is 0 Å². The average molecular weight is 650 g/mol. The van der Waals surface area contributed by atoms with E-state index in [0.717, 1.165) is 44.7 Å². The second-order valence-corrected chi connectivity index (χ2v) is 14.4. The third kappa shape index (κ3) is 3.74. The monoisotopic (exact) mass is 649 g/mol. The van der Waals surface area contributed by atoms with Crippen molar-refractivity contribution in [1.82, 2.24) is 23.9 Å². The standard InChI is InChI=1S/C41H23N5S2/c1-2-6-34-33(5-1)44-41-45(35-7-3-4-8-36(35)46(34)41)28-18-26(24-9-11-37-31(20-24)29-13-15-42-22-39(29)47-37)17-27(19-28)25-10-12-38-32(21-25)30-14-16-43-23-40(30)48-38/h1-23H. The van der Waals surface area contributed by atoms with Crippen LogP contribution in [0.4, 0.5) is 0 Å². The zero-order valence-electron chi connectivity index (χ0n) is 25.3. The highest BCUT2D eigenvalue weighted by molar-refractivity contribution is 7.26. The Morgan fingerprint density at radius 3 is 1.69 bits per heavy atom. The molecule has 0 atom stereocenters. The number of rotatable bonds is 3. The highest BCUT2D eigenvalue weighted by atomic mass is 32.1. The first kappa shape index (κ1) is 26.2. The largest absolute Gasteiger partial charge is 0.278 e. The first-order valence-electron chi connectivity index (χ1n) is 15.8. The Balaban J connectivity index is 1.21. The van der Waals surface area contributed by atoms with E-state index in [1.54, 1.807) is 22.7 Å². The predicted molar refractivity (Wildman–Crippen MR) is 202 cm³/mol. The summed E-state index contributed by atoms with van der Waals surface area (Å²) in [4.78, 5) is 13.9. The molecule has 0 aliphatic rings. The Labute approximate surface area is 281 Å². The number of nitrogens with zero attached hydrogens (tertiary/aromatic N) is 5. The van der Waals surface area contributed by atoms with Crippen LogP contribution in [0.1, 0.15) is 0 Å². The molecule has 11 rings (SSSR count). The van der Waals surface area contributed by atoms with E-state index in [4.69, 9.17) is 4.98 Å². The molecule has 0 saturated carbocycles. The lowest BCUT2D eigenvalue weighted by Crippen LogP contribution is -1.97. The smallest absolute Gasteiger partial charge is 0.220 e. The molecule has 224 valence electrons. The van der Waals surface area contributed by atoms with Crippen LogP contribution in [0, 0.1) is 0 Å². The predicted octanol–water partition coefficient (Wildman–Crippen LogP) is 11.3. The van der Waals surface area contributed by atoms with Crippen LogP contribution in [-0.2, 0) is 0 Å². The molecule has 6 aromatic heterocycles. The molecule has 5 nitrogen and oxygen atoms in total. The molecule has 0 aliphatic heterocycles. The number of thiophene rings is 2. The fourth-order valence-corrected chi connectivity index (χ4v) is 9.41. The molecule has 0 aliphatic carbocycles. The maximum Gasteiger partial charge on any atom is 0.220 e. The van der Waals surface area contributed by atoms with Crippen molar-refractivity contribution in [1.29, 1.82) is 0 Å². The summed E-state index contributed by atoms with van der Waals surface area (Å²) in [6.45, 7) is 0. The molecule has 0 amide bonds. The number of benzene rings is 5. The van der Waals surface area contributed by atoms with Crippen molar-refractivity contribution in [3.8, 4) is 27.9 Å². The van der Waals surface area contributed by atoms with Crippen LogP contribution < -0.4 is 0 Å². The number of pyridine rings is 2. The van der Waals surface area contributed by atoms with E-state index in [0.29, 0.717) is 0 Å². The molecule has 7 heteroatoms. The number of para-hydroxylation sites is 4. The average Bonchev–Trinajstić information content (AvgIpc) is 3.89. The highest BCUT2D eigenvalue weighted by Gasteiger charge is 2.19. The van der Waals surface area contributed by atoms with Crippen LogP contribution >= 0.6 is 22.7 Å². The van der Waals surface area contributed by atoms with Gasteiger partial charge in [0.25, 0.3) is 0 Å². The van der Waals surface area contributed by atoms with Crippen LogP contribution in [0.2, 0.25) is 0 Å². The quantitative estimate of drug-likeness (QED) is 0.191. The van der Waals surface area contributed by atoms with Crippen LogP contribution in [-0.4, -0.2) is 23.9 Å². The molecule has 0 saturated heterocycles. The van der Waals surface area contributed by atoms with E-state index >= 15 is 0 Å². The summed E-state index contributed by atoms with van der Waals surface area (Å²) < 4.78 is 9.55. The van der Waals surface area contributed by atoms with Gasteiger partial charge in [-0.15, -0.1) is 22.7 Å². The second kappa shape index (κ2) is 9.81. The highest BCUT2D eigenvalue weighted by Crippen LogP contribution is 2.40. The van der Waals surface area contributed by atoms with Gasteiger partial charge in [-0.3, -0.25) is 18.9 Å². The summed E-state index contributed by atoms with van der Waals surface area (Å²) in [5, 5.41) is 5.01. The molecule has 0 radical (unpaired) electrons. The lowest BCUT2D eigenvalue weighted by atomic mass is 9.96. The Morgan fingerprint density at radius 1 is 0.458 bits per heavy atom. The minimum absolute atomic E-state index is 0.902. The van der Waals surface area contributed by atoms with Crippen molar-refractivity contribution in [3.63, 3.8) is 0 Å². The second-order valence-electron chi connectivity index (χ2n) is 12.2. The van der Waals surface area contributed by atoms with Gasteiger partial charge in [-0.25, -0.2) is 4.98 Å². The Morgan fingerprint density at radius 2 is 1.04 bits per heavy atom. The third-order valence-electron chi connectivity index (χ3n) is 9.50. The lowest BCUT2D eigenvalue weighted by Gasteiger charge is -2.13. The van der Waals surface area contributed by atoms with Gasteiger partial charge >= 0.3 is 0 Å². The van der Waals surface area contributed by atoms with Crippen molar-refractivity contribution >= 4 is 90.9 Å². The maximum atomic E-state index is 5.19. The zero-order valence-corrected chi connectivity index (χ0v) is 27.0. The summed E-state index contributed by atoms with van der Waals surface area (Å²) in [7, 11) is 0. The zero-order chi connectivity index (χ0) is 31.3. The normalized spacial score (nSPS) is 12.2. The molecular formula is C41H23N5S2. The summed E-state index contributed by atoms with van der Waals surface area (Å²) in [6.07, 6.45) is 7.71. The van der Waals surface area contributed by atoms with Crippen molar-refractivity contribution in [2.45, 2.75) is 0 Å². The van der Waals surface area contributed by atoms with Crippen molar-refractivity contribution < 1.29 is 0 Å². The number of fused-ring (bicyclic) bond motifs is 11. The molecule has 0 unspecified atom stereocenters. The summed E-state index contributed by atoms with van der Waals surface area (Å²) >= 11 is 3.59. The van der Waals surface area contributed by atoms with Crippen LogP contribution in [0.15, 0.2) is 140 Å². The molecule has 5 aromatic carbocycles. The van der Waals surface area contributed by atoms with Gasteiger partial charge in [-0.1, -0.05) is 36.4 Å². The SMILES string of the molecule is c1ccc2c(c1)nc1n(-c3cc(-c4ccc5sc6cnccc6c5c4)cc(-c4ccc5sc6cnccc6c5c4)c3)c3ccccc3n21. The molecular weight excluding hydrogens is 627 g/mol. The molecule has 6 heterocycles. The molecule has 0 bridgehead atoms. The summed E-state index contributed by atoms with van der Waals surface area (Å²) in [5.74, 6) is 0.902. The van der Waals surface area contributed by atoms with E-state index in [1.165, 1.54) is 51.5 Å². The summed E-state index contributed by atoms with van der Waals surface area (Å²) in [6, 6.07) is 41.9. The van der Waals surface area contributed by atoms with Gasteiger partial charge in [0.15, 0.2) is 0 Å². The van der Waals surface area contributed by atoms with Gasteiger partial charge < -0.3 is 0 Å². The Kier molecular flexibility index (Phi) is 5.36. The minimum atomic E-state index is 0.902. The number of aromatic nitrogens is 5. The number of hydrogen-bond acceptors (Lipinski definition) is 5. The topological polar surface area (TPSA) is 48.0 Å². The number of hydrogen-bond donors (Lipinski definition) is 0. The van der Waals surface area contributed by atoms with E-state index in [-0.39, 0.29) is 0 Å². The first-order chi connectivity index (χ1) is 23.8. The fourth-order valence-electron chi connectivity index (χ4n) is 7.30. The van der Waals surface area contributed by atoms with Gasteiger partial charge in [0, 0.05) is 55.7 Å². The van der Waals surface area contributed by atoms with Gasteiger partial charge in [0.05, 0.1) is 37.2 Å². The lowest BCUT2D eigenvalue weighted by molar-refractivity contribution is 1.11. The molecule has 0 fully saturated rings. The Hall–Kier alpha value is -5.89. The van der Waals surface area contributed by atoms with Crippen molar-refractivity contribution in [2.24, 2.45) is 0 Å². The third-order valence-corrected chi connectivity index (χ3v) is 11.7. The fraction of sp³-hybridized carbons (Fsp3) is 0. The van der Waals surface area contributed by atoms with E-state index in [1.807, 2.05) is 24.8 Å². The van der Waals surface area contributed by atoms with Crippen LogP contribution in [0.25, 0.3) is 96.1 Å². The van der Waals surface area contributed by atoms with Gasteiger partial charge in [0.1, 0.15) is 0 Å². The Bertz CT molecular complexity index is 2950. The summed E-state index contributed by atoms with van der Waals surface area (Å²) in [5.41, 5.74) is 10.1. The maximum absolute atomic E-state index is 5.19. The molecule has 0 spiro atoms.